The summed E-state index contributed by atoms with van der Waals surface area (Å²) in [4.78, 5) is 14.4. The molecular formula is C27H37ClN6O2S. The maximum absolute atomic E-state index is 6.16. The average molecular weight is 545 g/mol. The van der Waals surface area contributed by atoms with Crippen LogP contribution in [0.1, 0.15) is 38.2 Å². The Morgan fingerprint density at radius 2 is 1.57 bits per heavy atom. The summed E-state index contributed by atoms with van der Waals surface area (Å²) in [6.07, 6.45) is 4.20. The molecule has 0 spiro atoms. The van der Waals surface area contributed by atoms with E-state index in [0.29, 0.717) is 30.8 Å². The normalized spacial score (nSPS) is 20.5. The first kappa shape index (κ1) is 26.4. The van der Waals surface area contributed by atoms with Gasteiger partial charge in [-0.3, -0.25) is 0 Å². The average Bonchev–Trinajstić information content (AvgIpc) is 2.93. The molecule has 200 valence electrons. The van der Waals surface area contributed by atoms with Crippen LogP contribution in [0.4, 0.5) is 17.6 Å². The molecule has 1 aromatic carbocycles. The third-order valence-corrected chi connectivity index (χ3v) is 8.36. The Kier molecular flexibility index (Phi) is 8.64. The van der Waals surface area contributed by atoms with Crippen LogP contribution >= 0.6 is 23.8 Å². The van der Waals surface area contributed by atoms with Crippen LogP contribution in [0, 0.1) is 5.92 Å². The fraction of sp³-hybridized carbons (Fsp3) is 0.593. The molecule has 3 aliphatic rings. The zero-order chi connectivity index (χ0) is 25.7. The van der Waals surface area contributed by atoms with Gasteiger partial charge in [0, 0.05) is 62.4 Å². The lowest BCUT2D eigenvalue weighted by atomic mass is 9.74. The van der Waals surface area contributed by atoms with E-state index >= 15 is 0 Å². The second kappa shape index (κ2) is 12.1. The number of nitrogens with one attached hydrogen (secondary N) is 2. The summed E-state index contributed by atoms with van der Waals surface area (Å²) in [5.74, 6) is 3.15. The minimum atomic E-state index is -0.0687. The summed E-state index contributed by atoms with van der Waals surface area (Å²) in [6.45, 7) is 9.55. The zero-order valence-electron chi connectivity index (χ0n) is 21.5. The number of hydrogen-bond acceptors (Lipinski definition) is 7. The highest BCUT2D eigenvalue weighted by molar-refractivity contribution is 7.80. The Morgan fingerprint density at radius 3 is 2.22 bits per heavy atom. The van der Waals surface area contributed by atoms with E-state index in [9.17, 15) is 0 Å². The second-order valence-corrected chi connectivity index (χ2v) is 11.2. The molecule has 0 atom stereocenters. The highest BCUT2D eigenvalue weighted by Gasteiger charge is 2.34. The fourth-order valence-electron chi connectivity index (χ4n) is 5.36. The van der Waals surface area contributed by atoms with Crippen molar-refractivity contribution in [2.45, 2.75) is 38.0 Å². The Balaban J connectivity index is 1.31. The SMILES string of the molecule is CC1CCN(c2cc(N3CCOCC3)nc(NC(=S)NCC3(c4ccc(Cl)cc4)CCOCC3)n2)CC1. The Labute approximate surface area is 230 Å². The third kappa shape index (κ3) is 6.63. The van der Waals surface area contributed by atoms with Gasteiger partial charge in [-0.1, -0.05) is 30.7 Å². The van der Waals surface area contributed by atoms with E-state index in [4.69, 9.17) is 43.3 Å². The second-order valence-electron chi connectivity index (χ2n) is 10.4. The van der Waals surface area contributed by atoms with E-state index in [-0.39, 0.29) is 5.41 Å². The number of hydrogen-bond donors (Lipinski definition) is 2. The number of halogens is 1. The van der Waals surface area contributed by atoms with E-state index in [0.717, 1.165) is 74.8 Å². The van der Waals surface area contributed by atoms with Crippen LogP contribution < -0.4 is 20.4 Å². The first-order chi connectivity index (χ1) is 18.0. The van der Waals surface area contributed by atoms with Crippen molar-refractivity contribution in [2.75, 3.05) is 74.3 Å². The molecule has 3 fully saturated rings. The summed E-state index contributed by atoms with van der Waals surface area (Å²) in [5, 5.41) is 8.02. The lowest BCUT2D eigenvalue weighted by Crippen LogP contribution is -2.45. The number of ether oxygens (including phenoxy) is 2. The van der Waals surface area contributed by atoms with Crippen molar-refractivity contribution in [2.24, 2.45) is 5.92 Å². The summed E-state index contributed by atoms with van der Waals surface area (Å²) < 4.78 is 11.2. The summed E-state index contributed by atoms with van der Waals surface area (Å²) in [5.41, 5.74) is 1.18. The van der Waals surface area contributed by atoms with Crippen molar-refractivity contribution >= 4 is 46.5 Å². The van der Waals surface area contributed by atoms with Gasteiger partial charge >= 0.3 is 0 Å². The minimum Gasteiger partial charge on any atom is -0.381 e. The lowest BCUT2D eigenvalue weighted by molar-refractivity contribution is 0.0515. The van der Waals surface area contributed by atoms with Crippen LogP contribution in [-0.2, 0) is 14.9 Å². The molecule has 5 rings (SSSR count). The van der Waals surface area contributed by atoms with E-state index in [2.05, 4.69) is 45.6 Å². The molecule has 0 unspecified atom stereocenters. The van der Waals surface area contributed by atoms with Crippen molar-refractivity contribution in [1.29, 1.82) is 0 Å². The van der Waals surface area contributed by atoms with Gasteiger partial charge in [0.05, 0.1) is 13.2 Å². The largest absolute Gasteiger partial charge is 0.381 e. The maximum atomic E-state index is 6.16. The van der Waals surface area contributed by atoms with E-state index < -0.39 is 0 Å². The van der Waals surface area contributed by atoms with Gasteiger partial charge < -0.3 is 29.9 Å². The molecule has 0 bridgehead atoms. The molecule has 0 saturated carbocycles. The van der Waals surface area contributed by atoms with Crippen LogP contribution in [0.15, 0.2) is 30.3 Å². The molecule has 2 N–H and O–H groups in total. The fourth-order valence-corrected chi connectivity index (χ4v) is 5.65. The highest BCUT2D eigenvalue weighted by Crippen LogP contribution is 2.35. The van der Waals surface area contributed by atoms with Gasteiger partial charge in [0.15, 0.2) is 5.11 Å². The van der Waals surface area contributed by atoms with Crippen LogP contribution in [0.3, 0.4) is 0 Å². The number of anilines is 3. The van der Waals surface area contributed by atoms with E-state index in [1.807, 2.05) is 12.1 Å². The van der Waals surface area contributed by atoms with E-state index in [1.165, 1.54) is 18.4 Å². The molecule has 1 aromatic heterocycles. The van der Waals surface area contributed by atoms with Crippen LogP contribution in [0.5, 0.6) is 0 Å². The standard InChI is InChI=1S/C27H37ClN6O2S/c1-20-6-10-33(11-7-20)23-18-24(34-12-16-36-17-13-34)31-25(30-23)32-26(37)29-19-27(8-14-35-15-9-27)21-2-4-22(28)5-3-21/h2-5,18,20H,6-17,19H2,1H3,(H2,29,30,31,32,37). The summed E-state index contributed by atoms with van der Waals surface area (Å²) in [7, 11) is 0. The van der Waals surface area contributed by atoms with Gasteiger partial charge in [-0.05, 0) is 61.5 Å². The number of rotatable bonds is 6. The molecule has 8 nitrogen and oxygen atoms in total. The minimum absolute atomic E-state index is 0.0687. The third-order valence-electron chi connectivity index (χ3n) is 7.86. The van der Waals surface area contributed by atoms with Gasteiger partial charge in [0.2, 0.25) is 5.95 Å². The van der Waals surface area contributed by atoms with Crippen LogP contribution in [0.2, 0.25) is 5.02 Å². The monoisotopic (exact) mass is 544 g/mol. The quantitative estimate of drug-likeness (QED) is 0.519. The number of thiocarbonyl (C=S) groups is 1. The van der Waals surface area contributed by atoms with E-state index in [1.54, 1.807) is 0 Å². The van der Waals surface area contributed by atoms with Crippen molar-refractivity contribution in [3.63, 3.8) is 0 Å². The highest BCUT2D eigenvalue weighted by atomic mass is 35.5. The topological polar surface area (TPSA) is 74.8 Å². The smallest absolute Gasteiger partial charge is 0.232 e. The van der Waals surface area contributed by atoms with Gasteiger partial charge in [-0.25, -0.2) is 0 Å². The molecule has 0 radical (unpaired) electrons. The van der Waals surface area contributed by atoms with Crippen molar-refractivity contribution < 1.29 is 9.47 Å². The van der Waals surface area contributed by atoms with Gasteiger partial charge in [0.1, 0.15) is 11.6 Å². The van der Waals surface area contributed by atoms with Crippen LogP contribution in [0.25, 0.3) is 0 Å². The number of aromatic nitrogens is 2. The number of morpholine rings is 1. The summed E-state index contributed by atoms with van der Waals surface area (Å²) in [6, 6.07) is 10.3. The molecule has 4 heterocycles. The molecule has 10 heteroatoms. The van der Waals surface area contributed by atoms with Gasteiger partial charge in [0.25, 0.3) is 0 Å². The van der Waals surface area contributed by atoms with Crippen molar-refractivity contribution in [1.82, 2.24) is 15.3 Å². The molecule has 0 aliphatic carbocycles. The summed E-state index contributed by atoms with van der Waals surface area (Å²) >= 11 is 11.9. The molecular weight excluding hydrogens is 508 g/mol. The van der Waals surface area contributed by atoms with Gasteiger partial charge in [-0.2, -0.15) is 9.97 Å². The van der Waals surface area contributed by atoms with Crippen molar-refractivity contribution in [3.05, 3.63) is 40.9 Å². The first-order valence-electron chi connectivity index (χ1n) is 13.4. The Bertz CT molecular complexity index is 1050. The van der Waals surface area contributed by atoms with Crippen molar-refractivity contribution in [3.8, 4) is 0 Å². The number of nitrogens with zero attached hydrogens (tertiary/aromatic N) is 4. The molecule has 37 heavy (non-hydrogen) atoms. The molecule has 3 saturated heterocycles. The lowest BCUT2D eigenvalue weighted by Gasteiger charge is -2.38. The number of piperidine rings is 1. The van der Waals surface area contributed by atoms with Crippen LogP contribution in [-0.4, -0.2) is 74.2 Å². The predicted molar refractivity (Wildman–Crippen MR) is 153 cm³/mol. The Hall–Kier alpha value is -2.20. The molecule has 0 amide bonds. The number of benzene rings is 1. The predicted octanol–water partition coefficient (Wildman–Crippen LogP) is 4.24. The molecule has 3 aliphatic heterocycles. The Morgan fingerprint density at radius 1 is 0.973 bits per heavy atom. The first-order valence-corrected chi connectivity index (χ1v) is 14.1. The zero-order valence-corrected chi connectivity index (χ0v) is 23.1. The van der Waals surface area contributed by atoms with Gasteiger partial charge in [-0.15, -0.1) is 0 Å². The maximum Gasteiger partial charge on any atom is 0.232 e. The molecule has 2 aromatic rings.